The lowest BCUT2D eigenvalue weighted by atomic mass is 9.99. The molecule has 1 aromatic rings. The van der Waals surface area contributed by atoms with Crippen molar-refractivity contribution in [2.75, 3.05) is 6.54 Å². The van der Waals surface area contributed by atoms with Gasteiger partial charge in [-0.3, -0.25) is 4.98 Å². The van der Waals surface area contributed by atoms with Gasteiger partial charge in [0.1, 0.15) is 6.04 Å². The number of hydrogen-bond acceptors (Lipinski definition) is 1. The fourth-order valence-electron chi connectivity index (χ4n) is 1.88. The van der Waals surface area contributed by atoms with Gasteiger partial charge < -0.3 is 5.32 Å². The average molecular weight is 242 g/mol. The molecule has 2 N–H and O–H groups in total. The lowest BCUT2D eigenvalue weighted by Gasteiger charge is -2.20. The molecule has 0 saturated carbocycles. The summed E-state index contributed by atoms with van der Waals surface area (Å²) in [7, 11) is 0. The molecule has 0 aliphatic carbocycles. The Balaban J connectivity index is 2.14. The zero-order valence-electron chi connectivity index (χ0n) is 7.54. The minimum absolute atomic E-state index is 0.638. The summed E-state index contributed by atoms with van der Waals surface area (Å²) in [4.78, 5) is 4.19. The van der Waals surface area contributed by atoms with E-state index in [1.165, 1.54) is 31.4 Å². The first-order valence-corrected chi connectivity index (χ1v) is 5.59. The molecule has 13 heavy (non-hydrogen) atoms. The predicted octanol–water partition coefficient (Wildman–Crippen LogP) is 1.63. The van der Waals surface area contributed by atoms with Crippen LogP contribution in [0.1, 0.15) is 30.9 Å². The molecule has 70 valence electrons. The second kappa shape index (κ2) is 4.20. The molecule has 2 heterocycles. The Morgan fingerprint density at radius 2 is 2.31 bits per heavy atom. The van der Waals surface area contributed by atoms with Gasteiger partial charge in [0, 0.05) is 28.9 Å². The lowest BCUT2D eigenvalue weighted by molar-refractivity contribution is -0.704. The molecule has 0 radical (unpaired) electrons. The van der Waals surface area contributed by atoms with Gasteiger partial charge in [-0.05, 0) is 34.8 Å². The molecule has 1 saturated heterocycles. The number of nitrogens with zero attached hydrogens (tertiary/aromatic N) is 1. The Hall–Kier alpha value is -0.410. The Bertz CT molecular complexity index is 282. The van der Waals surface area contributed by atoms with Gasteiger partial charge in [-0.1, -0.05) is 0 Å². The summed E-state index contributed by atoms with van der Waals surface area (Å²) >= 11 is 3.45. The van der Waals surface area contributed by atoms with Crippen LogP contribution in [0.3, 0.4) is 0 Å². The molecule has 1 aliphatic heterocycles. The number of pyridine rings is 1. The summed E-state index contributed by atoms with van der Waals surface area (Å²) < 4.78 is 1.09. The third-order valence-electron chi connectivity index (χ3n) is 2.57. The van der Waals surface area contributed by atoms with E-state index in [1.807, 2.05) is 12.4 Å². The van der Waals surface area contributed by atoms with Crippen molar-refractivity contribution in [3.05, 3.63) is 28.5 Å². The van der Waals surface area contributed by atoms with Crippen molar-refractivity contribution in [3.8, 4) is 0 Å². The molecule has 0 spiro atoms. The second-order valence-corrected chi connectivity index (χ2v) is 4.48. The molecular formula is C10H14BrN2+. The van der Waals surface area contributed by atoms with Gasteiger partial charge in [-0.15, -0.1) is 0 Å². The molecule has 2 rings (SSSR count). The van der Waals surface area contributed by atoms with Crippen LogP contribution >= 0.6 is 15.9 Å². The second-order valence-electron chi connectivity index (χ2n) is 3.56. The van der Waals surface area contributed by atoms with Crippen molar-refractivity contribution < 1.29 is 5.32 Å². The quantitative estimate of drug-likeness (QED) is 0.796. The normalized spacial score (nSPS) is 23.0. The minimum Gasteiger partial charge on any atom is -0.340 e. The average Bonchev–Trinajstić information content (AvgIpc) is 2.19. The molecule has 0 amide bonds. The van der Waals surface area contributed by atoms with Gasteiger partial charge in [0.05, 0.1) is 6.54 Å². The molecule has 1 atom stereocenters. The van der Waals surface area contributed by atoms with Crippen LogP contribution in [-0.4, -0.2) is 11.5 Å². The highest BCUT2D eigenvalue weighted by molar-refractivity contribution is 9.10. The molecule has 3 heteroatoms. The van der Waals surface area contributed by atoms with Crippen molar-refractivity contribution in [1.29, 1.82) is 0 Å². The van der Waals surface area contributed by atoms with Crippen LogP contribution in [0.15, 0.2) is 22.9 Å². The van der Waals surface area contributed by atoms with E-state index in [2.05, 4.69) is 32.3 Å². The van der Waals surface area contributed by atoms with Crippen LogP contribution in [0.4, 0.5) is 0 Å². The van der Waals surface area contributed by atoms with Crippen molar-refractivity contribution in [1.82, 2.24) is 4.98 Å². The van der Waals surface area contributed by atoms with E-state index in [0.717, 1.165) is 4.47 Å². The maximum atomic E-state index is 4.19. The van der Waals surface area contributed by atoms with Gasteiger partial charge in [-0.2, -0.15) is 0 Å². The summed E-state index contributed by atoms with van der Waals surface area (Å²) in [5.74, 6) is 0. The maximum Gasteiger partial charge on any atom is 0.113 e. The smallest absolute Gasteiger partial charge is 0.113 e. The summed E-state index contributed by atoms with van der Waals surface area (Å²) in [6, 6.07) is 2.82. The number of hydrogen-bond donors (Lipinski definition) is 1. The fourth-order valence-corrected chi connectivity index (χ4v) is 2.26. The number of rotatable bonds is 1. The lowest BCUT2D eigenvalue weighted by Crippen LogP contribution is -2.86. The summed E-state index contributed by atoms with van der Waals surface area (Å²) in [5.41, 5.74) is 1.36. The third kappa shape index (κ3) is 2.29. The molecule has 0 bridgehead atoms. The van der Waals surface area contributed by atoms with Gasteiger partial charge >= 0.3 is 0 Å². The molecule has 2 nitrogen and oxygen atoms in total. The zero-order valence-corrected chi connectivity index (χ0v) is 9.13. The monoisotopic (exact) mass is 241 g/mol. The molecule has 1 aromatic heterocycles. The number of halogens is 1. The number of quaternary nitrogens is 1. The van der Waals surface area contributed by atoms with E-state index >= 15 is 0 Å². The van der Waals surface area contributed by atoms with Gasteiger partial charge in [0.25, 0.3) is 0 Å². The standard InChI is InChI=1S/C10H13BrN2/c11-9-5-8(6-12-7-9)10-3-1-2-4-13-10/h5-7,10,13H,1-4H2/p+1/t10-/m1/s1. The zero-order chi connectivity index (χ0) is 9.10. The van der Waals surface area contributed by atoms with E-state index in [0.29, 0.717) is 6.04 Å². The predicted molar refractivity (Wildman–Crippen MR) is 55.3 cm³/mol. The molecule has 0 aromatic carbocycles. The van der Waals surface area contributed by atoms with Gasteiger partial charge in [-0.25, -0.2) is 0 Å². The highest BCUT2D eigenvalue weighted by Gasteiger charge is 2.18. The third-order valence-corrected chi connectivity index (χ3v) is 3.01. The number of nitrogens with two attached hydrogens (primary N) is 1. The first-order chi connectivity index (χ1) is 6.36. The molecular weight excluding hydrogens is 228 g/mol. The van der Waals surface area contributed by atoms with Gasteiger partial charge in [0.2, 0.25) is 0 Å². The van der Waals surface area contributed by atoms with E-state index in [9.17, 15) is 0 Å². The van der Waals surface area contributed by atoms with Gasteiger partial charge in [0.15, 0.2) is 0 Å². The van der Waals surface area contributed by atoms with E-state index in [4.69, 9.17) is 0 Å². The van der Waals surface area contributed by atoms with Crippen molar-refractivity contribution in [2.24, 2.45) is 0 Å². The van der Waals surface area contributed by atoms with Crippen LogP contribution in [0.2, 0.25) is 0 Å². The Kier molecular flexibility index (Phi) is 2.96. The van der Waals surface area contributed by atoms with Crippen LogP contribution in [0, 0.1) is 0 Å². The van der Waals surface area contributed by atoms with Crippen LogP contribution < -0.4 is 5.32 Å². The Labute approximate surface area is 86.9 Å². The van der Waals surface area contributed by atoms with E-state index in [1.54, 1.807) is 0 Å². The SMILES string of the molecule is Brc1cncc([C@H]2CCCC[NH2+]2)c1. The minimum atomic E-state index is 0.638. The molecule has 0 unspecified atom stereocenters. The van der Waals surface area contributed by atoms with Crippen molar-refractivity contribution in [2.45, 2.75) is 25.3 Å². The molecule has 1 aliphatic rings. The van der Waals surface area contributed by atoms with E-state index < -0.39 is 0 Å². The van der Waals surface area contributed by atoms with Crippen LogP contribution in [0.5, 0.6) is 0 Å². The highest BCUT2D eigenvalue weighted by Crippen LogP contribution is 2.19. The van der Waals surface area contributed by atoms with Crippen molar-refractivity contribution >= 4 is 15.9 Å². The largest absolute Gasteiger partial charge is 0.340 e. The highest BCUT2D eigenvalue weighted by atomic mass is 79.9. The summed E-state index contributed by atoms with van der Waals surface area (Å²) in [6.07, 6.45) is 7.83. The van der Waals surface area contributed by atoms with Crippen LogP contribution in [-0.2, 0) is 0 Å². The number of piperidine rings is 1. The van der Waals surface area contributed by atoms with Crippen molar-refractivity contribution in [3.63, 3.8) is 0 Å². The number of aromatic nitrogens is 1. The van der Waals surface area contributed by atoms with E-state index in [-0.39, 0.29) is 0 Å². The fraction of sp³-hybridized carbons (Fsp3) is 0.500. The maximum absolute atomic E-state index is 4.19. The first kappa shape index (κ1) is 9.16. The topological polar surface area (TPSA) is 29.5 Å². The first-order valence-electron chi connectivity index (χ1n) is 4.80. The molecule has 1 fully saturated rings. The summed E-state index contributed by atoms with van der Waals surface area (Å²) in [5, 5.41) is 2.42. The van der Waals surface area contributed by atoms with Crippen LogP contribution in [0.25, 0.3) is 0 Å². The Morgan fingerprint density at radius 3 is 3.00 bits per heavy atom. The Morgan fingerprint density at radius 1 is 1.38 bits per heavy atom. The summed E-state index contributed by atoms with van der Waals surface area (Å²) in [6.45, 7) is 1.26.